The largest absolute Gasteiger partial charge is 0.330 e. The van der Waals surface area contributed by atoms with Crippen molar-refractivity contribution in [1.29, 1.82) is 0 Å². The van der Waals surface area contributed by atoms with E-state index >= 15 is 0 Å². The molecule has 0 radical (unpaired) electrons. The fourth-order valence-electron chi connectivity index (χ4n) is 2.25. The number of hydrogen-bond acceptors (Lipinski definition) is 1. The van der Waals surface area contributed by atoms with E-state index in [-0.39, 0.29) is 0 Å². The zero-order valence-corrected chi connectivity index (χ0v) is 10.2. The van der Waals surface area contributed by atoms with Crippen molar-refractivity contribution in [2.45, 2.75) is 39.5 Å². The van der Waals surface area contributed by atoms with E-state index in [2.05, 4.69) is 45.0 Å². The molecule has 1 heteroatoms. The Morgan fingerprint density at radius 3 is 2.60 bits per heavy atom. The number of hydrogen-bond donors (Lipinski definition) is 1. The molecule has 0 spiro atoms. The van der Waals surface area contributed by atoms with Crippen molar-refractivity contribution in [2.24, 2.45) is 11.7 Å². The molecule has 1 nitrogen and oxygen atoms in total. The van der Waals surface area contributed by atoms with Crippen LogP contribution < -0.4 is 5.73 Å². The third kappa shape index (κ3) is 3.35. The van der Waals surface area contributed by atoms with E-state index in [9.17, 15) is 0 Å². The van der Waals surface area contributed by atoms with E-state index in [0.29, 0.717) is 11.8 Å². The van der Waals surface area contributed by atoms with Crippen molar-refractivity contribution in [3.8, 4) is 0 Å². The monoisotopic (exact) mass is 205 g/mol. The van der Waals surface area contributed by atoms with Gasteiger partial charge in [0, 0.05) is 0 Å². The lowest BCUT2D eigenvalue weighted by molar-refractivity contribution is 0.430. The summed E-state index contributed by atoms with van der Waals surface area (Å²) in [7, 11) is 0. The second-order valence-corrected chi connectivity index (χ2v) is 4.52. The molecule has 1 rings (SSSR count). The molecule has 0 aromatic heterocycles. The van der Waals surface area contributed by atoms with Gasteiger partial charge < -0.3 is 5.73 Å². The Balaban J connectivity index is 2.82. The molecule has 2 N–H and O–H groups in total. The average molecular weight is 205 g/mol. The minimum Gasteiger partial charge on any atom is -0.330 e. The first-order valence-electron chi connectivity index (χ1n) is 5.95. The Kier molecular flexibility index (Phi) is 4.83. The van der Waals surface area contributed by atoms with Gasteiger partial charge in [0.2, 0.25) is 0 Å². The summed E-state index contributed by atoms with van der Waals surface area (Å²) in [6.07, 6.45) is 2.50. The first-order chi connectivity index (χ1) is 7.19. The van der Waals surface area contributed by atoms with Crippen LogP contribution in [0.15, 0.2) is 24.3 Å². The predicted molar refractivity (Wildman–Crippen MR) is 67.0 cm³/mol. The Labute approximate surface area is 93.7 Å². The highest BCUT2D eigenvalue weighted by molar-refractivity contribution is 5.26. The number of nitrogens with two attached hydrogens (primary N) is 1. The summed E-state index contributed by atoms with van der Waals surface area (Å²) in [5.41, 5.74) is 8.62. The van der Waals surface area contributed by atoms with E-state index in [0.717, 1.165) is 6.54 Å². The Morgan fingerprint density at radius 1 is 1.33 bits per heavy atom. The molecule has 0 heterocycles. The number of rotatable bonds is 5. The van der Waals surface area contributed by atoms with Crippen LogP contribution in [0.5, 0.6) is 0 Å². The van der Waals surface area contributed by atoms with Crippen molar-refractivity contribution in [3.05, 3.63) is 35.4 Å². The van der Waals surface area contributed by atoms with Gasteiger partial charge in [-0.2, -0.15) is 0 Å². The van der Waals surface area contributed by atoms with E-state index in [1.54, 1.807) is 0 Å². The summed E-state index contributed by atoms with van der Waals surface area (Å²) < 4.78 is 0. The SMILES string of the molecule is CCCC(C)C(CN)c1cccc(C)c1. The molecule has 2 unspecified atom stereocenters. The lowest BCUT2D eigenvalue weighted by atomic mass is 9.84. The predicted octanol–water partition coefficient (Wildman–Crippen LogP) is 3.47. The van der Waals surface area contributed by atoms with Gasteiger partial charge in [0.05, 0.1) is 0 Å². The van der Waals surface area contributed by atoms with Crippen molar-refractivity contribution in [2.75, 3.05) is 6.54 Å². The fraction of sp³-hybridized carbons (Fsp3) is 0.571. The molecule has 1 aromatic carbocycles. The molecule has 0 bridgehead atoms. The number of aryl methyl sites for hydroxylation is 1. The summed E-state index contributed by atoms with van der Waals surface area (Å²) in [5.74, 6) is 1.20. The van der Waals surface area contributed by atoms with Crippen LogP contribution in [0.1, 0.15) is 43.7 Å². The first-order valence-corrected chi connectivity index (χ1v) is 5.95. The van der Waals surface area contributed by atoms with Gasteiger partial charge in [-0.1, -0.05) is 56.5 Å². The molecular weight excluding hydrogens is 182 g/mol. The van der Waals surface area contributed by atoms with Gasteiger partial charge in [-0.15, -0.1) is 0 Å². The summed E-state index contributed by atoms with van der Waals surface area (Å²) in [6, 6.07) is 8.74. The quantitative estimate of drug-likeness (QED) is 0.782. The van der Waals surface area contributed by atoms with Gasteiger partial charge in [0.25, 0.3) is 0 Å². The third-order valence-corrected chi connectivity index (χ3v) is 3.16. The molecule has 15 heavy (non-hydrogen) atoms. The van der Waals surface area contributed by atoms with E-state index in [4.69, 9.17) is 5.73 Å². The van der Waals surface area contributed by atoms with Crippen LogP contribution >= 0.6 is 0 Å². The normalized spacial score (nSPS) is 14.9. The van der Waals surface area contributed by atoms with Crippen molar-refractivity contribution in [3.63, 3.8) is 0 Å². The van der Waals surface area contributed by atoms with Gasteiger partial charge in [-0.25, -0.2) is 0 Å². The minimum atomic E-state index is 0.518. The lowest BCUT2D eigenvalue weighted by Crippen LogP contribution is -2.19. The van der Waals surface area contributed by atoms with Gasteiger partial charge >= 0.3 is 0 Å². The van der Waals surface area contributed by atoms with E-state index in [1.807, 2.05) is 0 Å². The Hall–Kier alpha value is -0.820. The van der Waals surface area contributed by atoms with Gasteiger partial charge in [-0.05, 0) is 30.9 Å². The fourth-order valence-corrected chi connectivity index (χ4v) is 2.25. The summed E-state index contributed by atoms with van der Waals surface area (Å²) in [6.45, 7) is 7.44. The lowest BCUT2D eigenvalue weighted by Gasteiger charge is -2.22. The van der Waals surface area contributed by atoms with Crippen molar-refractivity contribution < 1.29 is 0 Å². The maximum Gasteiger partial charge on any atom is -0.000567 e. The third-order valence-electron chi connectivity index (χ3n) is 3.16. The second-order valence-electron chi connectivity index (χ2n) is 4.52. The molecule has 1 aromatic rings. The molecule has 0 aliphatic heterocycles. The van der Waals surface area contributed by atoms with Crippen LogP contribution in [0.3, 0.4) is 0 Å². The smallest absolute Gasteiger partial charge is 0.000567 e. The molecule has 84 valence electrons. The van der Waals surface area contributed by atoms with Crippen LogP contribution in [0.4, 0.5) is 0 Å². The molecule has 0 aliphatic carbocycles. The van der Waals surface area contributed by atoms with Crippen molar-refractivity contribution in [1.82, 2.24) is 0 Å². The van der Waals surface area contributed by atoms with Crippen LogP contribution in [-0.4, -0.2) is 6.54 Å². The molecular formula is C14H23N. The molecule has 0 amide bonds. The van der Waals surface area contributed by atoms with E-state index in [1.165, 1.54) is 24.0 Å². The molecule has 0 saturated carbocycles. The van der Waals surface area contributed by atoms with Gasteiger partial charge in [-0.3, -0.25) is 0 Å². The van der Waals surface area contributed by atoms with Crippen LogP contribution in [0.2, 0.25) is 0 Å². The highest BCUT2D eigenvalue weighted by atomic mass is 14.6. The maximum absolute atomic E-state index is 5.89. The molecule has 0 aliphatic rings. The second kappa shape index (κ2) is 5.92. The van der Waals surface area contributed by atoms with Crippen molar-refractivity contribution >= 4 is 0 Å². The summed E-state index contributed by atoms with van der Waals surface area (Å²) >= 11 is 0. The topological polar surface area (TPSA) is 26.0 Å². The maximum atomic E-state index is 5.89. The summed E-state index contributed by atoms with van der Waals surface area (Å²) in [4.78, 5) is 0. The first kappa shape index (κ1) is 12.3. The van der Waals surface area contributed by atoms with Crippen LogP contribution in [0, 0.1) is 12.8 Å². The molecule has 0 fully saturated rings. The van der Waals surface area contributed by atoms with Crippen LogP contribution in [0.25, 0.3) is 0 Å². The number of benzene rings is 1. The highest BCUT2D eigenvalue weighted by Gasteiger charge is 2.16. The summed E-state index contributed by atoms with van der Waals surface area (Å²) in [5, 5.41) is 0. The molecule has 2 atom stereocenters. The minimum absolute atomic E-state index is 0.518. The van der Waals surface area contributed by atoms with Gasteiger partial charge in [0.1, 0.15) is 0 Å². The highest BCUT2D eigenvalue weighted by Crippen LogP contribution is 2.27. The van der Waals surface area contributed by atoms with E-state index < -0.39 is 0 Å². The van der Waals surface area contributed by atoms with Crippen LogP contribution in [-0.2, 0) is 0 Å². The standard InChI is InChI=1S/C14H23N/c1-4-6-12(3)14(10-15)13-8-5-7-11(2)9-13/h5,7-9,12,14H,4,6,10,15H2,1-3H3. The Morgan fingerprint density at radius 2 is 2.07 bits per heavy atom. The Bertz CT molecular complexity index is 293. The average Bonchev–Trinajstić information content (AvgIpc) is 2.19. The molecule has 0 saturated heterocycles. The van der Waals surface area contributed by atoms with Gasteiger partial charge in [0.15, 0.2) is 0 Å². The zero-order chi connectivity index (χ0) is 11.3. The zero-order valence-electron chi connectivity index (χ0n) is 10.2.